The normalized spacial score (nSPS) is 27.0. The zero-order valence-corrected chi connectivity index (χ0v) is 18.0. The SMILES string of the molecule is CC(C)CC(CC(=O)N1CCC(c2ccccc2)C1)C(=O)N1CCC2OCC(=O)C21. The molecule has 4 rings (SSSR count). The molecule has 3 heterocycles. The van der Waals surface area contributed by atoms with Crippen LogP contribution in [0.2, 0.25) is 0 Å². The van der Waals surface area contributed by atoms with Crippen molar-refractivity contribution >= 4 is 17.6 Å². The first-order chi connectivity index (χ1) is 14.4. The minimum atomic E-state index is -0.448. The molecule has 1 aromatic rings. The van der Waals surface area contributed by atoms with E-state index in [9.17, 15) is 14.4 Å². The van der Waals surface area contributed by atoms with Crippen molar-refractivity contribution in [2.24, 2.45) is 11.8 Å². The number of carbonyl (C=O) groups is 3. The van der Waals surface area contributed by atoms with E-state index >= 15 is 0 Å². The molecular weight excluding hydrogens is 380 g/mol. The zero-order valence-electron chi connectivity index (χ0n) is 18.0. The van der Waals surface area contributed by atoms with Crippen LogP contribution < -0.4 is 0 Å². The Kier molecular flexibility index (Phi) is 6.23. The number of ether oxygens (including phenoxy) is 1. The largest absolute Gasteiger partial charge is 0.368 e. The number of likely N-dealkylation sites (tertiary alicyclic amines) is 2. The summed E-state index contributed by atoms with van der Waals surface area (Å²) in [5.41, 5.74) is 1.27. The number of Topliss-reactive ketones (excluding diaryl/α,β-unsaturated/α-hetero) is 1. The van der Waals surface area contributed by atoms with Gasteiger partial charge in [-0.15, -0.1) is 0 Å². The molecule has 6 heteroatoms. The molecule has 0 aromatic heterocycles. The van der Waals surface area contributed by atoms with Crippen LogP contribution in [-0.4, -0.2) is 65.8 Å². The van der Waals surface area contributed by atoms with Gasteiger partial charge in [0.15, 0.2) is 5.78 Å². The van der Waals surface area contributed by atoms with Crippen LogP contribution in [0, 0.1) is 11.8 Å². The van der Waals surface area contributed by atoms with Crippen LogP contribution in [-0.2, 0) is 19.1 Å². The van der Waals surface area contributed by atoms with Crippen molar-refractivity contribution in [3.05, 3.63) is 35.9 Å². The fraction of sp³-hybridized carbons (Fsp3) is 0.625. The predicted molar refractivity (Wildman–Crippen MR) is 113 cm³/mol. The number of nitrogens with zero attached hydrogens (tertiary/aromatic N) is 2. The molecule has 2 amide bonds. The van der Waals surface area contributed by atoms with Gasteiger partial charge in [-0.05, 0) is 30.7 Å². The summed E-state index contributed by atoms with van der Waals surface area (Å²) in [6.45, 7) is 6.24. The smallest absolute Gasteiger partial charge is 0.226 e. The highest BCUT2D eigenvalue weighted by molar-refractivity contribution is 5.94. The second-order valence-corrected chi connectivity index (χ2v) is 9.35. The van der Waals surface area contributed by atoms with Crippen LogP contribution in [0.4, 0.5) is 0 Å². The van der Waals surface area contributed by atoms with Gasteiger partial charge in [0.1, 0.15) is 12.6 Å². The molecule has 1 aromatic carbocycles. The highest BCUT2D eigenvalue weighted by Gasteiger charge is 2.48. The average Bonchev–Trinajstić information content (AvgIpc) is 3.45. The van der Waals surface area contributed by atoms with E-state index in [0.717, 1.165) is 13.0 Å². The number of carbonyl (C=O) groups excluding carboxylic acids is 3. The number of rotatable bonds is 6. The summed E-state index contributed by atoms with van der Waals surface area (Å²) in [7, 11) is 0. The van der Waals surface area contributed by atoms with Crippen molar-refractivity contribution < 1.29 is 19.1 Å². The van der Waals surface area contributed by atoms with Gasteiger partial charge in [0.2, 0.25) is 11.8 Å². The zero-order chi connectivity index (χ0) is 21.3. The summed E-state index contributed by atoms with van der Waals surface area (Å²) in [6.07, 6.45) is 2.38. The van der Waals surface area contributed by atoms with Gasteiger partial charge in [0.05, 0.1) is 6.10 Å². The van der Waals surface area contributed by atoms with Gasteiger partial charge >= 0.3 is 0 Å². The van der Waals surface area contributed by atoms with Crippen molar-refractivity contribution in [3.63, 3.8) is 0 Å². The molecule has 4 atom stereocenters. The van der Waals surface area contributed by atoms with E-state index in [-0.39, 0.29) is 42.6 Å². The summed E-state index contributed by atoms with van der Waals surface area (Å²) in [5.74, 6) is 0.281. The first kappa shape index (κ1) is 21.0. The number of benzene rings is 1. The maximum absolute atomic E-state index is 13.4. The molecular formula is C24H32N2O4. The molecule has 6 nitrogen and oxygen atoms in total. The summed E-state index contributed by atoms with van der Waals surface area (Å²) >= 11 is 0. The van der Waals surface area contributed by atoms with E-state index in [1.54, 1.807) is 4.90 Å². The molecule has 3 aliphatic rings. The van der Waals surface area contributed by atoms with Crippen molar-refractivity contribution in [1.82, 2.24) is 9.80 Å². The quantitative estimate of drug-likeness (QED) is 0.720. The van der Waals surface area contributed by atoms with E-state index < -0.39 is 6.04 Å². The van der Waals surface area contributed by atoms with Gasteiger partial charge < -0.3 is 14.5 Å². The average molecular weight is 413 g/mol. The van der Waals surface area contributed by atoms with Gasteiger partial charge in [-0.25, -0.2) is 0 Å². The second kappa shape index (κ2) is 8.88. The third-order valence-electron chi connectivity index (χ3n) is 6.73. The fourth-order valence-corrected chi connectivity index (χ4v) is 5.24. The molecule has 4 unspecified atom stereocenters. The van der Waals surface area contributed by atoms with Gasteiger partial charge in [-0.3, -0.25) is 14.4 Å². The number of hydrogen-bond acceptors (Lipinski definition) is 4. The molecule has 3 aliphatic heterocycles. The molecule has 3 fully saturated rings. The number of fused-ring (bicyclic) bond motifs is 1. The lowest BCUT2D eigenvalue weighted by Crippen LogP contribution is -2.46. The van der Waals surface area contributed by atoms with Crippen LogP contribution in [0.3, 0.4) is 0 Å². The molecule has 0 N–H and O–H groups in total. The fourth-order valence-electron chi connectivity index (χ4n) is 5.24. The third-order valence-corrected chi connectivity index (χ3v) is 6.73. The Hall–Kier alpha value is -2.21. The predicted octanol–water partition coefficient (Wildman–Crippen LogP) is 2.62. The van der Waals surface area contributed by atoms with Gasteiger partial charge in [-0.1, -0.05) is 44.2 Å². The number of hydrogen-bond donors (Lipinski definition) is 0. The lowest BCUT2D eigenvalue weighted by Gasteiger charge is -2.28. The Morgan fingerprint density at radius 2 is 1.90 bits per heavy atom. The van der Waals surface area contributed by atoms with E-state index in [2.05, 4.69) is 26.0 Å². The molecule has 0 radical (unpaired) electrons. The molecule has 0 saturated carbocycles. The lowest BCUT2D eigenvalue weighted by atomic mass is 9.91. The van der Waals surface area contributed by atoms with Crippen LogP contribution in [0.1, 0.15) is 51.0 Å². The minimum absolute atomic E-state index is 0.00859. The highest BCUT2D eigenvalue weighted by atomic mass is 16.5. The van der Waals surface area contributed by atoms with Crippen LogP contribution >= 0.6 is 0 Å². The maximum atomic E-state index is 13.4. The molecule has 0 aliphatic carbocycles. The first-order valence-corrected chi connectivity index (χ1v) is 11.2. The Balaban J connectivity index is 1.41. The van der Waals surface area contributed by atoms with E-state index in [0.29, 0.717) is 37.8 Å². The third kappa shape index (κ3) is 4.29. The Bertz CT molecular complexity index is 794. The molecule has 30 heavy (non-hydrogen) atoms. The minimum Gasteiger partial charge on any atom is -0.368 e. The Morgan fingerprint density at radius 1 is 1.13 bits per heavy atom. The standard InChI is InChI=1S/C24H32N2O4/c1-16(2)12-19(24(29)26-11-9-21-23(26)20(27)15-30-21)13-22(28)25-10-8-18(14-25)17-6-4-3-5-7-17/h3-7,16,18-19,21,23H,8-15H2,1-2H3. The Labute approximate surface area is 178 Å². The summed E-state index contributed by atoms with van der Waals surface area (Å²) in [5, 5.41) is 0. The second-order valence-electron chi connectivity index (χ2n) is 9.35. The van der Waals surface area contributed by atoms with Crippen molar-refractivity contribution in [3.8, 4) is 0 Å². The molecule has 0 bridgehead atoms. The van der Waals surface area contributed by atoms with Gasteiger partial charge in [0.25, 0.3) is 0 Å². The van der Waals surface area contributed by atoms with Crippen molar-refractivity contribution in [2.45, 2.75) is 57.6 Å². The molecule has 0 spiro atoms. The highest BCUT2D eigenvalue weighted by Crippen LogP contribution is 2.32. The van der Waals surface area contributed by atoms with E-state index in [1.165, 1.54) is 5.56 Å². The van der Waals surface area contributed by atoms with Crippen LogP contribution in [0.15, 0.2) is 30.3 Å². The first-order valence-electron chi connectivity index (χ1n) is 11.2. The Morgan fingerprint density at radius 3 is 2.63 bits per heavy atom. The monoisotopic (exact) mass is 412 g/mol. The van der Waals surface area contributed by atoms with E-state index in [1.807, 2.05) is 23.1 Å². The topological polar surface area (TPSA) is 66.9 Å². The van der Waals surface area contributed by atoms with Crippen LogP contribution in [0.5, 0.6) is 0 Å². The van der Waals surface area contributed by atoms with Crippen LogP contribution in [0.25, 0.3) is 0 Å². The lowest BCUT2D eigenvalue weighted by molar-refractivity contribution is -0.144. The maximum Gasteiger partial charge on any atom is 0.226 e. The van der Waals surface area contributed by atoms with Crippen molar-refractivity contribution in [1.29, 1.82) is 0 Å². The number of amides is 2. The summed E-state index contributed by atoms with van der Waals surface area (Å²) in [4.78, 5) is 42.3. The van der Waals surface area contributed by atoms with Gasteiger partial charge in [0, 0.05) is 37.9 Å². The molecule has 162 valence electrons. The van der Waals surface area contributed by atoms with E-state index in [4.69, 9.17) is 4.74 Å². The summed E-state index contributed by atoms with van der Waals surface area (Å²) < 4.78 is 5.53. The van der Waals surface area contributed by atoms with Gasteiger partial charge in [-0.2, -0.15) is 0 Å². The van der Waals surface area contributed by atoms with Crippen molar-refractivity contribution in [2.75, 3.05) is 26.2 Å². The molecule has 3 saturated heterocycles. The summed E-state index contributed by atoms with van der Waals surface area (Å²) in [6, 6.07) is 9.87. The number of ketones is 1.